The first kappa shape index (κ1) is 13.5. The number of rotatable bonds is 2. The Morgan fingerprint density at radius 3 is 2.90 bits per heavy atom. The van der Waals surface area contributed by atoms with Gasteiger partial charge in [0.05, 0.1) is 23.0 Å². The Labute approximate surface area is 122 Å². The maximum Gasteiger partial charge on any atom is 0.257 e. The van der Waals surface area contributed by atoms with E-state index >= 15 is 0 Å². The minimum atomic E-state index is -0.284. The number of pyridine rings is 1. The average molecular weight is 283 g/mol. The van der Waals surface area contributed by atoms with Crippen LogP contribution in [-0.2, 0) is 6.42 Å². The van der Waals surface area contributed by atoms with Gasteiger partial charge in [-0.3, -0.25) is 14.6 Å². The molecule has 2 aromatic heterocycles. The lowest BCUT2D eigenvalue weighted by Crippen LogP contribution is -2.28. The van der Waals surface area contributed by atoms with Crippen molar-refractivity contribution in [2.24, 2.45) is 5.41 Å². The molecule has 0 unspecified atom stereocenters. The maximum atomic E-state index is 12.3. The smallest absolute Gasteiger partial charge is 0.257 e. The van der Waals surface area contributed by atoms with Crippen molar-refractivity contribution in [3.05, 3.63) is 47.5 Å². The third kappa shape index (κ3) is 2.59. The second-order valence-electron chi connectivity index (χ2n) is 6.19. The number of carbonyl (C=O) groups is 2. The van der Waals surface area contributed by atoms with E-state index in [-0.39, 0.29) is 17.1 Å². The number of fused-ring (bicyclic) bond motifs is 1. The molecule has 1 aliphatic carbocycles. The minimum Gasteiger partial charge on any atom is -0.364 e. The molecule has 0 radical (unpaired) electrons. The minimum absolute atomic E-state index is 0.0267. The first-order chi connectivity index (χ1) is 9.96. The van der Waals surface area contributed by atoms with Crippen LogP contribution in [0.4, 0.5) is 5.69 Å². The molecule has 0 aliphatic heterocycles. The fourth-order valence-corrected chi connectivity index (χ4v) is 2.80. The highest BCUT2D eigenvalue weighted by molar-refractivity contribution is 6.13. The Bertz CT molecular complexity index is 702. The molecule has 0 saturated carbocycles. The number of nitrogens with zero attached hydrogens (tertiary/aromatic N) is 1. The van der Waals surface area contributed by atoms with Crippen molar-refractivity contribution in [3.63, 3.8) is 0 Å². The average Bonchev–Trinajstić information content (AvgIpc) is 2.82. The van der Waals surface area contributed by atoms with Crippen LogP contribution in [0.25, 0.3) is 0 Å². The zero-order valence-corrected chi connectivity index (χ0v) is 12.1. The number of aromatic nitrogens is 2. The molecular formula is C16H17N3O2. The molecule has 2 N–H and O–H groups in total. The van der Waals surface area contributed by atoms with Crippen molar-refractivity contribution in [1.82, 2.24) is 9.97 Å². The van der Waals surface area contributed by atoms with Crippen molar-refractivity contribution in [2.75, 3.05) is 5.32 Å². The summed E-state index contributed by atoms with van der Waals surface area (Å²) in [6.45, 7) is 4.12. The first-order valence-corrected chi connectivity index (χ1v) is 6.91. The van der Waals surface area contributed by atoms with E-state index in [2.05, 4.69) is 29.1 Å². The number of nitrogens with one attached hydrogen (secondary N) is 2. The van der Waals surface area contributed by atoms with Crippen LogP contribution in [0.15, 0.2) is 30.7 Å². The van der Waals surface area contributed by atoms with Gasteiger partial charge in [-0.1, -0.05) is 13.8 Å². The molecule has 2 heterocycles. The molecular weight excluding hydrogens is 266 g/mol. The predicted octanol–water partition coefficient (Wildman–Crippen LogP) is 2.82. The Morgan fingerprint density at radius 2 is 2.19 bits per heavy atom. The topological polar surface area (TPSA) is 74.8 Å². The highest BCUT2D eigenvalue weighted by Crippen LogP contribution is 2.35. The molecule has 0 spiro atoms. The fourth-order valence-electron chi connectivity index (χ4n) is 2.80. The van der Waals surface area contributed by atoms with Gasteiger partial charge in [-0.2, -0.15) is 0 Å². The molecule has 0 atom stereocenters. The number of amides is 1. The summed E-state index contributed by atoms with van der Waals surface area (Å²) in [5, 5.41) is 2.76. The molecule has 1 aliphatic rings. The monoisotopic (exact) mass is 283 g/mol. The highest BCUT2D eigenvalue weighted by Gasteiger charge is 2.35. The second kappa shape index (κ2) is 4.84. The van der Waals surface area contributed by atoms with Gasteiger partial charge in [-0.25, -0.2) is 0 Å². The molecule has 21 heavy (non-hydrogen) atoms. The molecule has 5 nitrogen and oxygen atoms in total. The van der Waals surface area contributed by atoms with E-state index in [9.17, 15) is 9.59 Å². The van der Waals surface area contributed by atoms with Gasteiger partial charge in [0.2, 0.25) is 0 Å². The Kier molecular flexibility index (Phi) is 3.12. The van der Waals surface area contributed by atoms with E-state index in [0.717, 1.165) is 12.1 Å². The van der Waals surface area contributed by atoms with Gasteiger partial charge < -0.3 is 10.3 Å². The summed E-state index contributed by atoms with van der Waals surface area (Å²) in [7, 11) is 0. The normalized spacial score (nSPS) is 16.4. The number of hydrogen-bond acceptors (Lipinski definition) is 3. The van der Waals surface area contributed by atoms with E-state index < -0.39 is 0 Å². The van der Waals surface area contributed by atoms with Crippen molar-refractivity contribution in [1.29, 1.82) is 0 Å². The standard InChI is InChI=1S/C16H17N3O2/c1-16(2)6-12-14(13(20)7-16)11(9-18-12)15(21)19-10-4-3-5-17-8-10/h3-5,8-9,18H,6-7H2,1-2H3,(H,19,21). The number of ketones is 1. The van der Waals surface area contributed by atoms with E-state index in [4.69, 9.17) is 0 Å². The number of anilines is 1. The van der Waals surface area contributed by atoms with Gasteiger partial charge in [0.15, 0.2) is 5.78 Å². The number of Topliss-reactive ketones (excluding diaryl/α,β-unsaturated/α-hetero) is 1. The quantitative estimate of drug-likeness (QED) is 0.890. The number of H-pyrrole nitrogens is 1. The Hall–Kier alpha value is -2.43. The van der Waals surface area contributed by atoms with Crippen LogP contribution in [0.3, 0.4) is 0 Å². The van der Waals surface area contributed by atoms with Crippen LogP contribution in [0, 0.1) is 5.41 Å². The first-order valence-electron chi connectivity index (χ1n) is 6.91. The van der Waals surface area contributed by atoms with E-state index in [0.29, 0.717) is 23.2 Å². The van der Waals surface area contributed by atoms with Gasteiger partial charge in [0, 0.05) is 24.5 Å². The van der Waals surface area contributed by atoms with Crippen molar-refractivity contribution >= 4 is 17.4 Å². The summed E-state index contributed by atoms with van der Waals surface area (Å²) < 4.78 is 0. The zero-order valence-electron chi connectivity index (χ0n) is 12.1. The predicted molar refractivity (Wildman–Crippen MR) is 79.4 cm³/mol. The summed E-state index contributed by atoms with van der Waals surface area (Å²) in [5.74, 6) is -0.257. The summed E-state index contributed by atoms with van der Waals surface area (Å²) in [5.41, 5.74) is 2.35. The van der Waals surface area contributed by atoms with E-state index in [1.807, 2.05) is 0 Å². The lowest BCUT2D eigenvalue weighted by Gasteiger charge is -2.28. The maximum absolute atomic E-state index is 12.3. The third-order valence-corrected chi connectivity index (χ3v) is 3.70. The van der Waals surface area contributed by atoms with Gasteiger partial charge in [-0.15, -0.1) is 0 Å². The van der Waals surface area contributed by atoms with Crippen LogP contribution in [0.2, 0.25) is 0 Å². The van der Waals surface area contributed by atoms with Crippen LogP contribution in [-0.4, -0.2) is 21.7 Å². The fraction of sp³-hybridized carbons (Fsp3) is 0.312. The molecule has 108 valence electrons. The van der Waals surface area contributed by atoms with Crippen molar-refractivity contribution < 1.29 is 9.59 Å². The molecule has 5 heteroatoms. The molecule has 0 bridgehead atoms. The Balaban J connectivity index is 1.90. The van der Waals surface area contributed by atoms with Crippen LogP contribution in [0.5, 0.6) is 0 Å². The molecule has 3 rings (SSSR count). The van der Waals surface area contributed by atoms with Crippen LogP contribution >= 0.6 is 0 Å². The lowest BCUT2D eigenvalue weighted by atomic mass is 9.75. The van der Waals surface area contributed by atoms with Crippen molar-refractivity contribution in [3.8, 4) is 0 Å². The van der Waals surface area contributed by atoms with Crippen LogP contribution in [0.1, 0.15) is 46.7 Å². The second-order valence-corrected chi connectivity index (χ2v) is 6.19. The van der Waals surface area contributed by atoms with Gasteiger partial charge in [0.1, 0.15) is 0 Å². The molecule has 0 aromatic carbocycles. The largest absolute Gasteiger partial charge is 0.364 e. The van der Waals surface area contributed by atoms with Crippen molar-refractivity contribution in [2.45, 2.75) is 26.7 Å². The highest BCUT2D eigenvalue weighted by atomic mass is 16.2. The molecule has 0 fully saturated rings. The molecule has 0 saturated heterocycles. The van der Waals surface area contributed by atoms with Crippen LogP contribution < -0.4 is 5.32 Å². The third-order valence-electron chi connectivity index (χ3n) is 3.70. The van der Waals surface area contributed by atoms with Gasteiger partial charge in [-0.05, 0) is 24.0 Å². The van der Waals surface area contributed by atoms with E-state index in [1.165, 1.54) is 0 Å². The zero-order chi connectivity index (χ0) is 15.0. The summed E-state index contributed by atoms with van der Waals surface area (Å²) in [6.07, 6.45) is 6.07. The lowest BCUT2D eigenvalue weighted by molar-refractivity contribution is 0.0902. The number of hydrogen-bond donors (Lipinski definition) is 2. The summed E-state index contributed by atoms with van der Waals surface area (Å²) in [4.78, 5) is 31.7. The SMILES string of the molecule is CC1(C)CC(=O)c2c(C(=O)Nc3cccnc3)c[nH]c2C1. The summed E-state index contributed by atoms with van der Waals surface area (Å²) in [6, 6.07) is 3.50. The number of carbonyl (C=O) groups excluding carboxylic acids is 2. The molecule has 2 aromatic rings. The molecule has 1 amide bonds. The Morgan fingerprint density at radius 1 is 1.38 bits per heavy atom. The van der Waals surface area contributed by atoms with E-state index in [1.54, 1.807) is 30.7 Å². The van der Waals surface area contributed by atoms with Gasteiger partial charge >= 0.3 is 0 Å². The van der Waals surface area contributed by atoms with Gasteiger partial charge in [0.25, 0.3) is 5.91 Å². The number of aromatic amines is 1. The summed E-state index contributed by atoms with van der Waals surface area (Å²) >= 11 is 0.